The lowest BCUT2D eigenvalue weighted by Crippen LogP contribution is -2.51. The van der Waals surface area contributed by atoms with Crippen LogP contribution in [0.3, 0.4) is 0 Å². The van der Waals surface area contributed by atoms with Crippen LogP contribution in [0.25, 0.3) is 11.4 Å². The minimum Gasteiger partial charge on any atom is -0.471 e. The maximum atomic E-state index is 13.8. The summed E-state index contributed by atoms with van der Waals surface area (Å²) >= 11 is 0.978. The fourth-order valence-corrected chi connectivity index (χ4v) is 3.96. The number of likely N-dealkylation sites (N-methyl/N-ethyl adjacent to an activating group) is 1. The molecule has 4 N–H and O–H groups in total. The minimum absolute atomic E-state index is 0.00734. The van der Waals surface area contributed by atoms with Crippen LogP contribution in [0.5, 0.6) is 5.88 Å². The van der Waals surface area contributed by atoms with Crippen LogP contribution in [0.15, 0.2) is 47.4 Å². The zero-order chi connectivity index (χ0) is 22.8. The Morgan fingerprint density at radius 2 is 1.91 bits per heavy atom. The second-order valence-corrected chi connectivity index (χ2v) is 8.40. The van der Waals surface area contributed by atoms with Crippen molar-refractivity contribution in [2.45, 2.75) is 17.9 Å². The van der Waals surface area contributed by atoms with E-state index in [2.05, 4.69) is 19.6 Å². The molecule has 1 aliphatic rings. The highest BCUT2D eigenvalue weighted by Crippen LogP contribution is 2.30. The standard InChI is InChI=1S/C22H22F2N6OS/c1-12(25)19-20(26)27-21(28-22(19)31-16-10-30(2)11-16)13-3-6-15(7-4-13)29-32-18-9-14(23)5-8-17(18)24/h3-9,16,25,29H,10-11H2,1-2H3,(H2,26,27,28). The van der Waals surface area contributed by atoms with E-state index in [1.165, 1.54) is 0 Å². The lowest BCUT2D eigenvalue weighted by Gasteiger charge is -2.36. The number of nitrogens with two attached hydrogens (primary N) is 1. The second kappa shape index (κ2) is 9.09. The molecule has 1 aromatic heterocycles. The summed E-state index contributed by atoms with van der Waals surface area (Å²) in [7, 11) is 2.00. The van der Waals surface area contributed by atoms with Crippen LogP contribution in [0.4, 0.5) is 20.3 Å². The van der Waals surface area contributed by atoms with Gasteiger partial charge >= 0.3 is 0 Å². The number of aromatic nitrogens is 2. The number of nitrogen functional groups attached to an aromatic ring is 1. The Hall–Kier alpha value is -3.24. The quantitative estimate of drug-likeness (QED) is 0.362. The minimum atomic E-state index is -0.504. The first-order chi connectivity index (χ1) is 15.3. The first-order valence-corrected chi connectivity index (χ1v) is 10.7. The third kappa shape index (κ3) is 4.81. The molecule has 0 amide bonds. The Morgan fingerprint density at radius 1 is 1.19 bits per heavy atom. The Labute approximate surface area is 188 Å². The van der Waals surface area contributed by atoms with Crippen LogP contribution in [-0.4, -0.2) is 46.8 Å². The number of rotatable bonds is 7. The number of hydrogen-bond acceptors (Lipinski definition) is 8. The van der Waals surface area contributed by atoms with Crippen molar-refractivity contribution in [1.29, 1.82) is 5.41 Å². The number of halogens is 2. The summed E-state index contributed by atoms with van der Waals surface area (Å²) in [5, 5.41) is 8.01. The van der Waals surface area contributed by atoms with Gasteiger partial charge in [-0.2, -0.15) is 4.98 Å². The summed E-state index contributed by atoms with van der Waals surface area (Å²) in [6.45, 7) is 3.17. The Morgan fingerprint density at radius 3 is 2.56 bits per heavy atom. The van der Waals surface area contributed by atoms with Gasteiger partial charge in [-0.3, -0.25) is 4.90 Å². The van der Waals surface area contributed by atoms with Gasteiger partial charge in [0.05, 0.1) is 10.5 Å². The molecular formula is C22H22F2N6OS. The fourth-order valence-electron chi connectivity index (χ4n) is 3.25. The average Bonchev–Trinajstić information content (AvgIpc) is 2.73. The van der Waals surface area contributed by atoms with E-state index < -0.39 is 11.6 Å². The predicted molar refractivity (Wildman–Crippen MR) is 122 cm³/mol. The molecule has 1 aliphatic heterocycles. The molecule has 0 saturated carbocycles. The van der Waals surface area contributed by atoms with Gasteiger partial charge < -0.3 is 20.6 Å². The molecule has 7 nitrogen and oxygen atoms in total. The van der Waals surface area contributed by atoms with Crippen molar-refractivity contribution in [3.63, 3.8) is 0 Å². The van der Waals surface area contributed by atoms with Gasteiger partial charge in [-0.15, -0.1) is 0 Å². The lowest BCUT2D eigenvalue weighted by atomic mass is 10.1. The van der Waals surface area contributed by atoms with Crippen LogP contribution in [-0.2, 0) is 0 Å². The van der Waals surface area contributed by atoms with Gasteiger partial charge in [-0.1, -0.05) is 0 Å². The molecule has 1 saturated heterocycles. The zero-order valence-corrected chi connectivity index (χ0v) is 18.3. The first kappa shape index (κ1) is 22.0. The molecule has 10 heteroatoms. The number of likely N-dealkylation sites (tertiary alicyclic amines) is 1. The number of nitrogens with zero attached hydrogens (tertiary/aromatic N) is 3. The Balaban J connectivity index is 1.53. The van der Waals surface area contributed by atoms with Crippen molar-refractivity contribution in [3.05, 3.63) is 59.7 Å². The van der Waals surface area contributed by atoms with Gasteiger partial charge in [0.1, 0.15) is 23.6 Å². The molecule has 32 heavy (non-hydrogen) atoms. The summed E-state index contributed by atoms with van der Waals surface area (Å²) in [6, 6.07) is 10.4. The maximum absolute atomic E-state index is 13.8. The second-order valence-electron chi connectivity index (χ2n) is 7.55. The molecule has 0 aliphatic carbocycles. The molecule has 3 aromatic rings. The van der Waals surface area contributed by atoms with Gasteiger partial charge in [0.15, 0.2) is 5.82 Å². The molecule has 1 fully saturated rings. The van der Waals surface area contributed by atoms with Crippen molar-refractivity contribution in [1.82, 2.24) is 14.9 Å². The maximum Gasteiger partial charge on any atom is 0.228 e. The van der Waals surface area contributed by atoms with Crippen LogP contribution in [0, 0.1) is 17.0 Å². The number of anilines is 2. The van der Waals surface area contributed by atoms with E-state index in [0.717, 1.165) is 43.2 Å². The van der Waals surface area contributed by atoms with Crippen LogP contribution < -0.4 is 15.2 Å². The van der Waals surface area contributed by atoms with E-state index in [9.17, 15) is 8.78 Å². The molecule has 2 heterocycles. The van der Waals surface area contributed by atoms with Crippen molar-refractivity contribution < 1.29 is 13.5 Å². The molecule has 0 atom stereocenters. The molecule has 0 bridgehead atoms. The molecular weight excluding hydrogens is 434 g/mol. The van der Waals surface area contributed by atoms with Gasteiger partial charge in [-0.05, 0) is 68.4 Å². The third-order valence-corrected chi connectivity index (χ3v) is 5.77. The summed E-state index contributed by atoms with van der Waals surface area (Å²) < 4.78 is 36.1. The average molecular weight is 457 g/mol. The first-order valence-electron chi connectivity index (χ1n) is 9.86. The number of hydrogen-bond donors (Lipinski definition) is 3. The van der Waals surface area contributed by atoms with Crippen molar-refractivity contribution >= 4 is 29.2 Å². The molecule has 0 unspecified atom stereocenters. The van der Waals surface area contributed by atoms with Gasteiger partial charge in [0, 0.05) is 30.1 Å². The van der Waals surface area contributed by atoms with E-state index >= 15 is 0 Å². The van der Waals surface area contributed by atoms with E-state index in [4.69, 9.17) is 15.9 Å². The topological polar surface area (TPSA) is 100 Å². The summed E-state index contributed by atoms with van der Waals surface area (Å²) in [6.07, 6.45) is -0.00734. The van der Waals surface area contributed by atoms with Gasteiger partial charge in [0.2, 0.25) is 5.88 Å². The van der Waals surface area contributed by atoms with Crippen LogP contribution in [0.2, 0.25) is 0 Å². The van der Waals surface area contributed by atoms with Crippen molar-refractivity contribution in [2.75, 3.05) is 30.6 Å². The van der Waals surface area contributed by atoms with Gasteiger partial charge in [-0.25, -0.2) is 13.8 Å². The zero-order valence-electron chi connectivity index (χ0n) is 17.5. The predicted octanol–water partition coefficient (Wildman–Crippen LogP) is 4.20. The van der Waals surface area contributed by atoms with E-state index in [-0.39, 0.29) is 22.5 Å². The van der Waals surface area contributed by atoms with Gasteiger partial charge in [0.25, 0.3) is 0 Å². The third-order valence-electron chi connectivity index (χ3n) is 4.90. The largest absolute Gasteiger partial charge is 0.471 e. The molecule has 166 valence electrons. The van der Waals surface area contributed by atoms with Crippen molar-refractivity contribution in [2.24, 2.45) is 0 Å². The Kier molecular flexibility index (Phi) is 6.24. The SMILES string of the molecule is CC(=N)c1c(N)nc(-c2ccc(NSc3cc(F)ccc3F)cc2)nc1OC1CN(C)C1. The highest BCUT2D eigenvalue weighted by Gasteiger charge is 2.28. The highest BCUT2D eigenvalue weighted by atomic mass is 32.2. The Bertz CT molecular complexity index is 1150. The van der Waals surface area contributed by atoms with E-state index in [1.54, 1.807) is 31.2 Å². The normalized spacial score (nSPS) is 14.1. The van der Waals surface area contributed by atoms with Crippen LogP contribution >= 0.6 is 11.9 Å². The molecule has 2 aromatic carbocycles. The molecule has 0 radical (unpaired) electrons. The number of ether oxygens (including phenoxy) is 1. The number of benzene rings is 2. The lowest BCUT2D eigenvalue weighted by molar-refractivity contribution is 0.0355. The van der Waals surface area contributed by atoms with Crippen LogP contribution in [0.1, 0.15) is 12.5 Å². The fraction of sp³-hybridized carbons (Fsp3) is 0.227. The summed E-state index contributed by atoms with van der Waals surface area (Å²) in [4.78, 5) is 11.2. The number of nitrogens with one attached hydrogen (secondary N) is 2. The van der Waals surface area contributed by atoms with Crippen molar-refractivity contribution in [3.8, 4) is 17.3 Å². The summed E-state index contributed by atoms with van der Waals surface area (Å²) in [5.41, 5.74) is 8.15. The smallest absolute Gasteiger partial charge is 0.228 e. The highest BCUT2D eigenvalue weighted by molar-refractivity contribution is 8.00. The summed E-state index contributed by atoms with van der Waals surface area (Å²) in [5.74, 6) is -0.139. The molecule has 0 spiro atoms. The molecule has 4 rings (SSSR count). The van der Waals surface area contributed by atoms with E-state index in [1.807, 2.05) is 7.05 Å². The monoisotopic (exact) mass is 456 g/mol. The van der Waals surface area contributed by atoms with E-state index in [0.29, 0.717) is 28.5 Å².